The van der Waals surface area contributed by atoms with Crippen LogP contribution < -0.4 is 23.7 Å². The number of nitrogens with zero attached hydrogens (tertiary/aromatic N) is 1. The van der Waals surface area contributed by atoms with Gasteiger partial charge in [0.1, 0.15) is 18.3 Å². The van der Waals surface area contributed by atoms with E-state index in [0.29, 0.717) is 28.2 Å². The molecule has 18 nitrogen and oxygen atoms in total. The molecule has 0 spiro atoms. The molecule has 4 heterocycles. The molecule has 3 fully saturated rings. The minimum absolute atomic E-state index is 0.00130. The number of carboxylic acid groups (broad SMARTS) is 1. The van der Waals surface area contributed by atoms with Crippen LogP contribution >= 0.6 is 0 Å². The number of esters is 3. The Morgan fingerprint density at radius 2 is 1.61 bits per heavy atom. The van der Waals surface area contributed by atoms with Crippen LogP contribution in [0.5, 0.6) is 28.7 Å². The number of hydrogen-bond donors (Lipinski definition) is 2. The van der Waals surface area contributed by atoms with Crippen molar-refractivity contribution in [1.29, 1.82) is 0 Å². The fourth-order valence-electron chi connectivity index (χ4n) is 7.93. The monoisotopic (exact) mass is 787 g/mol. The van der Waals surface area contributed by atoms with Crippen LogP contribution in [0.25, 0.3) is 0 Å². The molecule has 0 amide bonds. The summed E-state index contributed by atoms with van der Waals surface area (Å²) >= 11 is 0. The molecule has 0 radical (unpaired) electrons. The molecule has 3 saturated heterocycles. The zero-order valence-electron chi connectivity index (χ0n) is 31.5. The molecule has 0 unspecified atom stereocenters. The number of carbonyl (C=O) groups is 4. The van der Waals surface area contributed by atoms with Crippen LogP contribution in [0, 0.1) is 11.8 Å². The molecule has 18 heteroatoms. The topological polar surface area (TPSA) is 214 Å². The molecular weight excluding hydrogens is 742 g/mol. The van der Waals surface area contributed by atoms with E-state index in [4.69, 9.17) is 57.2 Å². The molecule has 0 saturated carbocycles. The van der Waals surface area contributed by atoms with E-state index in [1.165, 1.54) is 14.2 Å². The maximum atomic E-state index is 13.8. The Morgan fingerprint density at radius 3 is 2.27 bits per heavy atom. The third-order valence-corrected chi connectivity index (χ3v) is 10.4. The Labute approximate surface area is 321 Å². The van der Waals surface area contributed by atoms with E-state index in [0.717, 1.165) is 0 Å². The summed E-state index contributed by atoms with van der Waals surface area (Å²) in [5.41, 5.74) is 1.76. The fraction of sp³-hybridized carbons (Fsp3) is 0.579. The average molecular weight is 788 g/mol. The maximum Gasteiger partial charge on any atom is 0.325 e. The predicted molar refractivity (Wildman–Crippen MR) is 186 cm³/mol. The van der Waals surface area contributed by atoms with E-state index in [1.54, 1.807) is 50.2 Å². The summed E-state index contributed by atoms with van der Waals surface area (Å²) in [5, 5.41) is 20.7. The Bertz CT molecular complexity index is 1810. The van der Waals surface area contributed by atoms with Gasteiger partial charge in [-0.1, -0.05) is 0 Å². The number of aliphatic hydroxyl groups excluding tert-OH is 1. The van der Waals surface area contributed by atoms with Crippen LogP contribution in [0.1, 0.15) is 54.9 Å². The van der Waals surface area contributed by atoms with E-state index < -0.39 is 84.7 Å². The second-order valence-electron chi connectivity index (χ2n) is 14.4. The van der Waals surface area contributed by atoms with Crippen molar-refractivity contribution < 1.29 is 81.5 Å². The molecule has 0 aromatic heterocycles. The third-order valence-electron chi connectivity index (χ3n) is 10.4. The van der Waals surface area contributed by atoms with Crippen molar-refractivity contribution in [2.24, 2.45) is 11.8 Å². The van der Waals surface area contributed by atoms with Crippen LogP contribution in [0.3, 0.4) is 0 Å². The normalized spacial score (nSPS) is 30.1. The van der Waals surface area contributed by atoms with Crippen molar-refractivity contribution >= 4 is 23.9 Å². The average Bonchev–Trinajstić information content (AvgIpc) is 3.78. The summed E-state index contributed by atoms with van der Waals surface area (Å²) in [5.74, 6) is -3.79. The van der Waals surface area contributed by atoms with Gasteiger partial charge in [0.05, 0.1) is 46.0 Å². The minimum Gasteiger partial charge on any atom is -0.493 e. The van der Waals surface area contributed by atoms with Crippen LogP contribution in [0.4, 0.5) is 0 Å². The van der Waals surface area contributed by atoms with Crippen molar-refractivity contribution in [1.82, 2.24) is 4.90 Å². The molecule has 1 aliphatic carbocycles. The quantitative estimate of drug-likeness (QED) is 0.219. The molecule has 7 rings (SSSR count). The number of hydrogen-bond acceptors (Lipinski definition) is 17. The highest BCUT2D eigenvalue weighted by Crippen LogP contribution is 2.57. The van der Waals surface area contributed by atoms with Gasteiger partial charge in [-0.15, -0.1) is 0 Å². The second-order valence-corrected chi connectivity index (χ2v) is 14.4. The van der Waals surface area contributed by atoms with Crippen LogP contribution in [0.2, 0.25) is 0 Å². The van der Waals surface area contributed by atoms with Crippen molar-refractivity contribution in [2.45, 2.75) is 75.2 Å². The smallest absolute Gasteiger partial charge is 0.325 e. The van der Waals surface area contributed by atoms with Crippen molar-refractivity contribution in [3.63, 3.8) is 0 Å². The summed E-state index contributed by atoms with van der Waals surface area (Å²) in [6.45, 7) is 1.60. The molecule has 304 valence electrons. The number of carbonyl (C=O) groups excluding carboxylic acids is 3. The van der Waals surface area contributed by atoms with Crippen molar-refractivity contribution in [3.05, 3.63) is 41.0 Å². The zero-order valence-corrected chi connectivity index (χ0v) is 31.5. The highest BCUT2D eigenvalue weighted by atomic mass is 16.8. The largest absolute Gasteiger partial charge is 0.493 e. The van der Waals surface area contributed by atoms with Gasteiger partial charge in [-0.2, -0.15) is 0 Å². The second kappa shape index (κ2) is 16.4. The van der Waals surface area contributed by atoms with Gasteiger partial charge >= 0.3 is 23.9 Å². The third kappa shape index (κ3) is 7.81. The van der Waals surface area contributed by atoms with Crippen LogP contribution in [-0.2, 0) is 47.6 Å². The minimum atomic E-state index is -1.43. The van der Waals surface area contributed by atoms with Gasteiger partial charge in [0.15, 0.2) is 41.7 Å². The predicted octanol–water partition coefficient (Wildman–Crippen LogP) is 1.91. The summed E-state index contributed by atoms with van der Waals surface area (Å²) in [4.78, 5) is 52.3. The molecular formula is C38H45NO17. The standard InChI is InChI=1S/C38H45NO17/c1-17-48-15-26-35(52-17)32(44)36(54-28(42)8-6-7-27(40)41)38(53-26)56-33-20-12-23-22(50-16-51-23)11-19(20)30(31-21(33)14-49-37(31)45)18-9-24(46-4)34(25(10-18)47-5)55-29(43)13-39(2)3/h9-12,17,21,26,30-33,35-36,38,44H,6-8,13-16H2,1-5H3,(H,40,41)/t17-,21+,26-,30-,31+,32+,33-,35-,36-,38+/m1/s1. The first-order valence-corrected chi connectivity index (χ1v) is 18.3. The lowest BCUT2D eigenvalue weighted by Gasteiger charge is -2.48. The molecule has 0 bridgehead atoms. The summed E-state index contributed by atoms with van der Waals surface area (Å²) in [6.07, 6.45) is -8.10. The Hall–Kier alpha value is -4.72. The lowest BCUT2D eigenvalue weighted by Crippen LogP contribution is -2.64. The molecule has 2 aromatic carbocycles. The Kier molecular flexibility index (Phi) is 11.6. The molecule has 56 heavy (non-hydrogen) atoms. The van der Waals surface area contributed by atoms with E-state index in [2.05, 4.69) is 0 Å². The summed E-state index contributed by atoms with van der Waals surface area (Å²) in [6, 6.07) is 6.87. The van der Waals surface area contributed by atoms with Gasteiger partial charge < -0.3 is 62.3 Å². The van der Waals surface area contributed by atoms with E-state index in [9.17, 15) is 24.3 Å². The number of likely N-dealkylation sites (N-methyl/N-ethyl adjacent to an activating group) is 1. The summed E-state index contributed by atoms with van der Waals surface area (Å²) in [7, 11) is 6.31. The first kappa shape index (κ1) is 39.5. The van der Waals surface area contributed by atoms with Crippen molar-refractivity contribution in [2.75, 3.05) is 54.9 Å². The molecule has 2 N–H and O–H groups in total. The number of ether oxygens (including phenoxy) is 11. The van der Waals surface area contributed by atoms with Crippen LogP contribution in [0.15, 0.2) is 24.3 Å². The number of fused-ring (bicyclic) bond motifs is 4. The SMILES string of the molecule is COc1cc([C@@H]2c3cc4c(cc3[C@@H](O[C@@H]3O[C@@H]5CO[C@@H](C)O[C@H]5[C@H](O)[C@H]3OC(=O)CCCC(=O)O)[C@H]3COC(=O)[C@H]23)OCO4)cc(OC)c1OC(=O)CN(C)C. The van der Waals surface area contributed by atoms with Gasteiger partial charge in [-0.05, 0) is 68.4 Å². The lowest BCUT2D eigenvalue weighted by molar-refractivity contribution is -0.365. The van der Waals surface area contributed by atoms with Crippen molar-refractivity contribution in [3.8, 4) is 28.7 Å². The number of carboxylic acids is 1. The van der Waals surface area contributed by atoms with E-state index in [1.807, 2.05) is 0 Å². The van der Waals surface area contributed by atoms with E-state index >= 15 is 0 Å². The van der Waals surface area contributed by atoms with Gasteiger partial charge in [-0.25, -0.2) is 0 Å². The summed E-state index contributed by atoms with van der Waals surface area (Å²) < 4.78 is 64.7. The van der Waals surface area contributed by atoms with Crippen LogP contribution in [-0.4, -0.2) is 131 Å². The molecule has 5 aliphatic rings. The van der Waals surface area contributed by atoms with Gasteiger partial charge in [-0.3, -0.25) is 24.1 Å². The highest BCUT2D eigenvalue weighted by Gasteiger charge is 2.57. The highest BCUT2D eigenvalue weighted by molar-refractivity contribution is 5.80. The number of benzene rings is 2. The Balaban J connectivity index is 1.28. The maximum absolute atomic E-state index is 13.8. The first-order valence-electron chi connectivity index (χ1n) is 18.3. The molecule has 2 aromatic rings. The number of aliphatic carboxylic acids is 1. The van der Waals surface area contributed by atoms with Gasteiger partial charge in [0.25, 0.3) is 0 Å². The van der Waals surface area contributed by atoms with Gasteiger partial charge in [0, 0.05) is 24.7 Å². The Morgan fingerprint density at radius 1 is 0.911 bits per heavy atom. The number of cyclic esters (lactones) is 1. The first-order chi connectivity index (χ1) is 26.9. The fourth-order valence-corrected chi connectivity index (χ4v) is 7.93. The molecule has 4 aliphatic heterocycles. The number of aliphatic hydroxyl groups is 1. The number of rotatable bonds is 13. The zero-order chi connectivity index (χ0) is 39.8. The number of methoxy groups -OCH3 is 2. The molecule has 10 atom stereocenters. The lowest BCUT2D eigenvalue weighted by atomic mass is 9.66. The van der Waals surface area contributed by atoms with E-state index in [-0.39, 0.29) is 63.1 Å². The van der Waals surface area contributed by atoms with Gasteiger partial charge in [0.2, 0.25) is 12.5 Å².